The van der Waals surface area contributed by atoms with Crippen molar-refractivity contribution >= 4 is 55.5 Å². The van der Waals surface area contributed by atoms with E-state index in [1.165, 1.54) is 5.38 Å². The molecule has 0 radical (unpaired) electrons. The number of nitrogens with zero attached hydrogens (tertiary/aromatic N) is 3. The van der Waals surface area contributed by atoms with E-state index in [2.05, 4.69) is 0 Å². The minimum Gasteiger partial charge on any atom is -0.340 e. The molecule has 2 amide bonds. The van der Waals surface area contributed by atoms with E-state index in [0.717, 1.165) is 47.8 Å². The molecule has 0 aliphatic carbocycles. The van der Waals surface area contributed by atoms with Gasteiger partial charge < -0.3 is 14.4 Å². The third-order valence-corrected chi connectivity index (χ3v) is 10.2. The van der Waals surface area contributed by atoms with Gasteiger partial charge in [-0.25, -0.2) is 8.42 Å². The predicted molar refractivity (Wildman–Crippen MR) is 133 cm³/mol. The molecule has 0 unspecified atom stereocenters. The topological polar surface area (TPSA) is 79.7 Å². The predicted octanol–water partition coefficient (Wildman–Crippen LogP) is 4.07. The van der Waals surface area contributed by atoms with Crippen molar-refractivity contribution in [2.45, 2.75) is 24.2 Å². The molecule has 3 aromatic rings. The molecule has 34 heavy (non-hydrogen) atoms. The molecule has 0 bridgehead atoms. The zero-order valence-electron chi connectivity index (χ0n) is 19.1. The molecule has 2 aliphatic heterocycles. The van der Waals surface area contributed by atoms with Crippen LogP contribution < -0.4 is 0 Å². The fourth-order valence-electron chi connectivity index (χ4n) is 5.22. The van der Waals surface area contributed by atoms with Crippen LogP contribution in [0.3, 0.4) is 0 Å². The van der Waals surface area contributed by atoms with E-state index in [1.54, 1.807) is 4.90 Å². The number of hydrogen-bond acceptors (Lipinski definition) is 5. The maximum atomic E-state index is 13.3. The second kappa shape index (κ2) is 8.39. The van der Waals surface area contributed by atoms with Crippen LogP contribution in [0.4, 0.5) is 0 Å². The molecule has 1 spiro atoms. The Morgan fingerprint density at radius 1 is 1.03 bits per heavy atom. The molecule has 1 aromatic carbocycles. The normalized spacial score (nSPS) is 18.2. The molecular weight excluding hydrogens is 494 g/mol. The molecule has 10 heteroatoms. The minimum absolute atomic E-state index is 0.0107. The molecule has 7 nitrogen and oxygen atoms in total. The Kier molecular flexibility index (Phi) is 5.77. The van der Waals surface area contributed by atoms with Gasteiger partial charge in [0.15, 0.2) is 9.84 Å². The lowest BCUT2D eigenvalue weighted by Crippen LogP contribution is -2.45. The minimum atomic E-state index is -3.48. The van der Waals surface area contributed by atoms with E-state index < -0.39 is 9.84 Å². The summed E-state index contributed by atoms with van der Waals surface area (Å²) in [5.74, 6) is -0.172. The highest BCUT2D eigenvalue weighted by atomic mass is 35.5. The third kappa shape index (κ3) is 3.93. The van der Waals surface area contributed by atoms with Gasteiger partial charge in [-0.3, -0.25) is 9.59 Å². The zero-order chi connectivity index (χ0) is 24.3. The quantitative estimate of drug-likeness (QED) is 0.522. The zero-order valence-corrected chi connectivity index (χ0v) is 21.5. The number of hydrogen-bond donors (Lipinski definition) is 0. The van der Waals surface area contributed by atoms with E-state index in [-0.39, 0.29) is 32.0 Å². The van der Waals surface area contributed by atoms with Crippen molar-refractivity contribution in [1.29, 1.82) is 0 Å². The number of sulfone groups is 1. The highest BCUT2D eigenvalue weighted by Crippen LogP contribution is 2.42. The highest BCUT2D eigenvalue weighted by Gasteiger charge is 2.43. The van der Waals surface area contributed by atoms with Crippen LogP contribution in [0.15, 0.2) is 40.6 Å². The molecule has 0 N–H and O–H groups in total. The first-order valence-electron chi connectivity index (χ1n) is 11.2. The lowest BCUT2D eigenvalue weighted by atomic mass is 9.77. The van der Waals surface area contributed by atoms with Crippen LogP contribution in [-0.2, 0) is 16.9 Å². The van der Waals surface area contributed by atoms with Gasteiger partial charge in [-0.05, 0) is 36.8 Å². The van der Waals surface area contributed by atoms with Crippen LogP contribution in [0.1, 0.15) is 39.4 Å². The fraction of sp³-hybridized carbons (Fsp3) is 0.417. The highest BCUT2D eigenvalue weighted by molar-refractivity contribution is 7.91. The maximum Gasteiger partial charge on any atom is 0.270 e. The summed E-state index contributed by atoms with van der Waals surface area (Å²) in [6, 6.07) is 9.92. The smallest absolute Gasteiger partial charge is 0.270 e. The van der Waals surface area contributed by atoms with Gasteiger partial charge in [-0.2, -0.15) is 0 Å². The van der Waals surface area contributed by atoms with Crippen LogP contribution in [-0.4, -0.2) is 67.0 Å². The standard InChI is InChI=1S/C24H26ClN3O4S2/c1-26-17-6-4-3-5-16(17)13-18(26)22(29)27-10-7-24(8-11-27)9-12-28(15-24)23(30)21-20(25)19(14-33-21)34(2,31)32/h3-6,13-14H,7-12,15H2,1-2H3. The Morgan fingerprint density at radius 3 is 2.29 bits per heavy atom. The number of piperidine rings is 1. The van der Waals surface area contributed by atoms with Gasteiger partial charge in [0, 0.05) is 55.8 Å². The molecule has 180 valence electrons. The van der Waals surface area contributed by atoms with E-state index in [0.29, 0.717) is 31.9 Å². The van der Waals surface area contributed by atoms with Crippen LogP contribution in [0.2, 0.25) is 5.02 Å². The molecule has 4 heterocycles. The first-order valence-corrected chi connectivity index (χ1v) is 14.3. The fourth-order valence-corrected chi connectivity index (χ4v) is 8.10. The summed E-state index contributed by atoms with van der Waals surface area (Å²) in [5.41, 5.74) is 1.71. The Balaban J connectivity index is 1.26. The molecule has 2 aromatic heterocycles. The van der Waals surface area contributed by atoms with Crippen molar-refractivity contribution < 1.29 is 18.0 Å². The second-order valence-electron chi connectivity index (χ2n) is 9.43. The first kappa shape index (κ1) is 23.4. The van der Waals surface area contributed by atoms with Crippen molar-refractivity contribution in [2.24, 2.45) is 12.5 Å². The summed E-state index contributed by atoms with van der Waals surface area (Å²) in [6.07, 6.45) is 3.63. The van der Waals surface area contributed by atoms with Crippen molar-refractivity contribution in [1.82, 2.24) is 14.4 Å². The Bertz CT molecular complexity index is 1400. The van der Waals surface area contributed by atoms with E-state index >= 15 is 0 Å². The average molecular weight is 520 g/mol. The van der Waals surface area contributed by atoms with Gasteiger partial charge >= 0.3 is 0 Å². The average Bonchev–Trinajstić information content (AvgIpc) is 3.49. The largest absolute Gasteiger partial charge is 0.340 e. The monoisotopic (exact) mass is 519 g/mol. The number of fused-ring (bicyclic) bond motifs is 1. The molecule has 0 atom stereocenters. The maximum absolute atomic E-state index is 13.3. The molecule has 2 fully saturated rings. The Hall–Kier alpha value is -2.36. The lowest BCUT2D eigenvalue weighted by Gasteiger charge is -2.39. The first-order chi connectivity index (χ1) is 16.1. The molecule has 2 saturated heterocycles. The van der Waals surface area contributed by atoms with Gasteiger partial charge in [0.1, 0.15) is 10.6 Å². The number of para-hydroxylation sites is 1. The number of thiophene rings is 1. The number of amides is 2. The number of carbonyl (C=O) groups is 2. The van der Waals surface area contributed by atoms with E-state index in [9.17, 15) is 18.0 Å². The second-order valence-corrected chi connectivity index (χ2v) is 12.7. The summed E-state index contributed by atoms with van der Waals surface area (Å²) in [6.45, 7) is 2.52. The summed E-state index contributed by atoms with van der Waals surface area (Å²) in [4.78, 5) is 30.3. The number of aryl methyl sites for hydroxylation is 1. The van der Waals surface area contributed by atoms with Crippen LogP contribution in [0.5, 0.6) is 0 Å². The number of rotatable bonds is 3. The van der Waals surface area contributed by atoms with Crippen molar-refractivity contribution in [3.05, 3.63) is 51.3 Å². The summed E-state index contributed by atoms with van der Waals surface area (Å²) < 4.78 is 25.7. The molecule has 5 rings (SSSR count). The summed E-state index contributed by atoms with van der Waals surface area (Å²) in [5, 5.41) is 2.51. The van der Waals surface area contributed by atoms with Crippen molar-refractivity contribution in [3.63, 3.8) is 0 Å². The van der Waals surface area contributed by atoms with Crippen LogP contribution in [0, 0.1) is 5.41 Å². The molecular formula is C24H26ClN3O4S2. The Morgan fingerprint density at radius 2 is 1.68 bits per heavy atom. The van der Waals surface area contributed by atoms with Crippen LogP contribution in [0.25, 0.3) is 10.9 Å². The molecule has 0 saturated carbocycles. The van der Waals surface area contributed by atoms with E-state index in [1.807, 2.05) is 46.8 Å². The van der Waals surface area contributed by atoms with E-state index in [4.69, 9.17) is 11.6 Å². The number of benzene rings is 1. The third-order valence-electron chi connectivity index (χ3n) is 7.30. The lowest BCUT2D eigenvalue weighted by molar-refractivity contribution is 0.0559. The summed E-state index contributed by atoms with van der Waals surface area (Å²) in [7, 11) is -1.55. The van der Waals surface area contributed by atoms with Gasteiger partial charge in [-0.15, -0.1) is 11.3 Å². The molecule has 2 aliphatic rings. The van der Waals surface area contributed by atoms with Crippen LogP contribution >= 0.6 is 22.9 Å². The van der Waals surface area contributed by atoms with Crippen molar-refractivity contribution in [2.75, 3.05) is 32.4 Å². The van der Waals surface area contributed by atoms with Gasteiger partial charge in [0.05, 0.1) is 9.92 Å². The number of likely N-dealkylation sites (tertiary alicyclic amines) is 2. The van der Waals surface area contributed by atoms with Crippen molar-refractivity contribution in [3.8, 4) is 0 Å². The number of aromatic nitrogens is 1. The SMILES string of the molecule is Cn1c(C(=O)N2CCC3(CCN(C(=O)c4scc(S(C)(=O)=O)c4Cl)C3)CC2)cc2ccccc21. The van der Waals surface area contributed by atoms with Gasteiger partial charge in [0.2, 0.25) is 0 Å². The number of halogens is 1. The Labute approximate surface area is 207 Å². The summed E-state index contributed by atoms with van der Waals surface area (Å²) >= 11 is 7.33. The van der Waals surface area contributed by atoms with Gasteiger partial charge in [0.25, 0.3) is 11.8 Å². The van der Waals surface area contributed by atoms with Gasteiger partial charge in [-0.1, -0.05) is 29.8 Å². The number of carbonyl (C=O) groups excluding carboxylic acids is 2.